The van der Waals surface area contributed by atoms with Crippen molar-refractivity contribution in [1.82, 2.24) is 5.32 Å². The van der Waals surface area contributed by atoms with Crippen LogP contribution < -0.4 is 5.32 Å². The van der Waals surface area contributed by atoms with Gasteiger partial charge in [0, 0.05) is 18.8 Å². The van der Waals surface area contributed by atoms with Gasteiger partial charge in [-0.15, -0.1) is 11.6 Å². The first-order chi connectivity index (χ1) is 8.66. The minimum atomic E-state index is -4.35. The second-order valence-electron chi connectivity index (χ2n) is 5.15. The van der Waals surface area contributed by atoms with E-state index in [1.54, 1.807) is 0 Å². The Bertz CT molecular complexity index is 270. The van der Waals surface area contributed by atoms with Gasteiger partial charge in [-0.25, -0.2) is 0 Å². The lowest BCUT2D eigenvalue weighted by Crippen LogP contribution is -2.34. The largest absolute Gasteiger partial charge is 0.411 e. The summed E-state index contributed by atoms with van der Waals surface area (Å²) in [6.07, 6.45) is -2.68. The van der Waals surface area contributed by atoms with Crippen LogP contribution in [0, 0.1) is 5.41 Å². The zero-order chi connectivity index (χ0) is 14.9. The molecule has 1 amide bonds. The number of halogens is 4. The van der Waals surface area contributed by atoms with Crippen molar-refractivity contribution >= 4 is 17.5 Å². The number of carbonyl (C=O) groups excluding carboxylic acids is 1. The zero-order valence-electron chi connectivity index (χ0n) is 11.3. The van der Waals surface area contributed by atoms with Crippen molar-refractivity contribution in [3.05, 3.63) is 0 Å². The van der Waals surface area contributed by atoms with Crippen LogP contribution in [-0.2, 0) is 9.53 Å². The highest BCUT2D eigenvalue weighted by atomic mass is 35.5. The molecule has 1 N–H and O–H groups in total. The van der Waals surface area contributed by atoms with Gasteiger partial charge in [0.15, 0.2) is 0 Å². The molecule has 0 spiro atoms. The van der Waals surface area contributed by atoms with Crippen LogP contribution in [0.2, 0.25) is 0 Å². The molecule has 0 aromatic heterocycles. The van der Waals surface area contributed by atoms with Crippen LogP contribution in [0.1, 0.15) is 33.1 Å². The van der Waals surface area contributed by atoms with E-state index in [4.69, 9.17) is 11.6 Å². The Kier molecular flexibility index (Phi) is 8.41. The molecule has 0 saturated heterocycles. The van der Waals surface area contributed by atoms with Crippen molar-refractivity contribution in [3.8, 4) is 0 Å². The molecule has 0 heterocycles. The smallest absolute Gasteiger partial charge is 0.372 e. The third-order valence-electron chi connectivity index (χ3n) is 2.49. The van der Waals surface area contributed by atoms with Crippen LogP contribution >= 0.6 is 11.6 Å². The fraction of sp³-hybridized carbons (Fsp3) is 0.917. The zero-order valence-corrected chi connectivity index (χ0v) is 12.0. The van der Waals surface area contributed by atoms with Gasteiger partial charge in [-0.3, -0.25) is 4.79 Å². The average Bonchev–Trinajstić information content (AvgIpc) is 2.29. The van der Waals surface area contributed by atoms with Crippen LogP contribution in [0.15, 0.2) is 0 Å². The standard InChI is InChI=1S/C12H21ClF3NO2/c1-11(2,5-3-6-13)8-17-10(18)4-7-19-9-12(14,15)16/h3-9H2,1-2H3,(H,17,18). The Balaban J connectivity index is 3.69. The first-order valence-corrected chi connectivity index (χ1v) is 6.67. The predicted molar refractivity (Wildman–Crippen MR) is 68.2 cm³/mol. The van der Waals surface area contributed by atoms with Gasteiger partial charge in [0.1, 0.15) is 6.61 Å². The molecule has 0 aliphatic carbocycles. The van der Waals surface area contributed by atoms with Gasteiger partial charge >= 0.3 is 6.18 Å². The van der Waals surface area contributed by atoms with Gasteiger partial charge in [-0.05, 0) is 18.3 Å². The van der Waals surface area contributed by atoms with Crippen LogP contribution in [0.5, 0.6) is 0 Å². The normalized spacial score (nSPS) is 12.5. The molecular weight excluding hydrogens is 283 g/mol. The highest BCUT2D eigenvalue weighted by Crippen LogP contribution is 2.21. The van der Waals surface area contributed by atoms with Crippen LogP contribution in [0.3, 0.4) is 0 Å². The van der Waals surface area contributed by atoms with Gasteiger partial charge in [-0.2, -0.15) is 13.2 Å². The van der Waals surface area contributed by atoms with E-state index in [-0.39, 0.29) is 24.3 Å². The van der Waals surface area contributed by atoms with Crippen molar-refractivity contribution in [2.24, 2.45) is 5.41 Å². The quantitative estimate of drug-likeness (QED) is 0.525. The molecule has 0 fully saturated rings. The Hall–Kier alpha value is -0.490. The Morgan fingerprint density at radius 2 is 1.95 bits per heavy atom. The molecule has 0 aliphatic rings. The van der Waals surface area contributed by atoms with Crippen LogP contribution in [-0.4, -0.2) is 37.7 Å². The van der Waals surface area contributed by atoms with Crippen LogP contribution in [0.4, 0.5) is 13.2 Å². The molecule has 0 atom stereocenters. The Morgan fingerprint density at radius 1 is 1.32 bits per heavy atom. The van der Waals surface area contributed by atoms with Gasteiger partial charge < -0.3 is 10.1 Å². The Morgan fingerprint density at radius 3 is 2.47 bits per heavy atom. The molecule has 3 nitrogen and oxygen atoms in total. The van der Waals surface area contributed by atoms with Gasteiger partial charge in [-0.1, -0.05) is 13.8 Å². The fourth-order valence-electron chi connectivity index (χ4n) is 1.41. The average molecular weight is 304 g/mol. The summed E-state index contributed by atoms with van der Waals surface area (Å²) in [7, 11) is 0. The molecule has 0 unspecified atom stereocenters. The summed E-state index contributed by atoms with van der Waals surface area (Å²) in [4.78, 5) is 11.4. The first kappa shape index (κ1) is 18.5. The van der Waals surface area contributed by atoms with Crippen molar-refractivity contribution < 1.29 is 22.7 Å². The van der Waals surface area contributed by atoms with Gasteiger partial charge in [0.05, 0.1) is 6.61 Å². The number of rotatable bonds is 9. The Labute approximate surface area is 116 Å². The first-order valence-electron chi connectivity index (χ1n) is 6.13. The van der Waals surface area contributed by atoms with Crippen LogP contribution in [0.25, 0.3) is 0 Å². The van der Waals surface area contributed by atoms with Crippen molar-refractivity contribution in [3.63, 3.8) is 0 Å². The second kappa shape index (κ2) is 8.64. The minimum Gasteiger partial charge on any atom is -0.372 e. The topological polar surface area (TPSA) is 38.3 Å². The second-order valence-corrected chi connectivity index (χ2v) is 5.53. The number of hydrogen-bond donors (Lipinski definition) is 1. The van der Waals surface area contributed by atoms with E-state index in [0.717, 1.165) is 12.8 Å². The lowest BCUT2D eigenvalue weighted by molar-refractivity contribution is -0.174. The fourth-order valence-corrected chi connectivity index (χ4v) is 1.55. The summed E-state index contributed by atoms with van der Waals surface area (Å²) >= 11 is 5.60. The number of alkyl halides is 4. The summed E-state index contributed by atoms with van der Waals surface area (Å²) in [6.45, 7) is 2.93. The summed E-state index contributed by atoms with van der Waals surface area (Å²) in [5.74, 6) is 0.268. The van der Waals surface area contributed by atoms with Crippen molar-refractivity contribution in [2.45, 2.75) is 39.3 Å². The SMILES string of the molecule is CC(C)(CCCCl)CNC(=O)CCOCC(F)(F)F. The monoisotopic (exact) mass is 303 g/mol. The molecule has 0 radical (unpaired) electrons. The molecule has 114 valence electrons. The molecule has 0 saturated carbocycles. The summed E-state index contributed by atoms with van der Waals surface area (Å²) < 4.78 is 39.7. The number of carbonyl (C=O) groups is 1. The van der Waals surface area contributed by atoms with Crippen molar-refractivity contribution in [1.29, 1.82) is 0 Å². The maximum atomic E-state index is 11.8. The van der Waals surface area contributed by atoms with E-state index >= 15 is 0 Å². The van der Waals surface area contributed by atoms with E-state index in [2.05, 4.69) is 10.1 Å². The van der Waals surface area contributed by atoms with E-state index in [1.165, 1.54) is 0 Å². The summed E-state index contributed by atoms with van der Waals surface area (Å²) in [5, 5.41) is 2.69. The number of amides is 1. The molecule has 0 aromatic carbocycles. The summed E-state index contributed by atoms with van der Waals surface area (Å²) in [6, 6.07) is 0. The summed E-state index contributed by atoms with van der Waals surface area (Å²) in [5.41, 5.74) is -0.0720. The molecule has 0 aliphatic heterocycles. The van der Waals surface area contributed by atoms with E-state index < -0.39 is 12.8 Å². The number of hydrogen-bond acceptors (Lipinski definition) is 2. The maximum absolute atomic E-state index is 11.8. The van der Waals surface area contributed by atoms with Gasteiger partial charge in [0.2, 0.25) is 5.91 Å². The maximum Gasteiger partial charge on any atom is 0.411 e. The highest BCUT2D eigenvalue weighted by molar-refractivity contribution is 6.17. The number of nitrogens with one attached hydrogen (secondary N) is 1. The third kappa shape index (κ3) is 12.3. The van der Waals surface area contributed by atoms with Gasteiger partial charge in [0.25, 0.3) is 0 Å². The lowest BCUT2D eigenvalue weighted by atomic mass is 9.88. The minimum absolute atomic E-state index is 0.0678. The molecular formula is C12H21ClF3NO2. The predicted octanol–water partition coefficient (Wildman–Crippen LogP) is 3.12. The molecule has 7 heteroatoms. The third-order valence-corrected chi connectivity index (χ3v) is 2.76. The molecule has 0 bridgehead atoms. The van der Waals surface area contributed by atoms with E-state index in [1.807, 2.05) is 13.8 Å². The van der Waals surface area contributed by atoms with Crippen molar-refractivity contribution in [2.75, 3.05) is 25.6 Å². The number of ether oxygens (including phenoxy) is 1. The lowest BCUT2D eigenvalue weighted by Gasteiger charge is -2.24. The van der Waals surface area contributed by atoms with E-state index in [0.29, 0.717) is 12.4 Å². The molecule has 0 rings (SSSR count). The molecule has 19 heavy (non-hydrogen) atoms. The highest BCUT2D eigenvalue weighted by Gasteiger charge is 2.27. The van der Waals surface area contributed by atoms with E-state index in [9.17, 15) is 18.0 Å². The molecule has 0 aromatic rings.